The van der Waals surface area contributed by atoms with Crippen LogP contribution < -0.4 is 5.32 Å². The molecule has 0 fully saturated rings. The lowest BCUT2D eigenvalue weighted by atomic mass is 10.0. The Labute approximate surface area is 141 Å². The molecule has 24 heavy (non-hydrogen) atoms. The van der Waals surface area contributed by atoms with E-state index < -0.39 is 5.97 Å². The van der Waals surface area contributed by atoms with Crippen molar-refractivity contribution in [3.63, 3.8) is 0 Å². The Hall–Kier alpha value is -2.63. The van der Waals surface area contributed by atoms with Crippen molar-refractivity contribution in [1.29, 1.82) is 0 Å². The number of carbonyl (C=O) groups excluding carboxylic acids is 2. The van der Waals surface area contributed by atoms with Gasteiger partial charge in [-0.2, -0.15) is 0 Å². The van der Waals surface area contributed by atoms with Crippen LogP contribution in [0.5, 0.6) is 0 Å². The molecule has 1 N–H and O–H groups in total. The fourth-order valence-electron chi connectivity index (χ4n) is 2.56. The first-order chi connectivity index (χ1) is 11.4. The summed E-state index contributed by atoms with van der Waals surface area (Å²) in [7, 11) is 0. The summed E-state index contributed by atoms with van der Waals surface area (Å²) in [6, 6.07) is 7.65. The van der Waals surface area contributed by atoms with Gasteiger partial charge in [-0.1, -0.05) is 36.3 Å². The summed E-state index contributed by atoms with van der Waals surface area (Å²) in [4.78, 5) is 24.1. The van der Waals surface area contributed by atoms with Crippen molar-refractivity contribution in [2.45, 2.75) is 40.2 Å². The molecule has 1 amide bonds. The maximum Gasteiger partial charge on any atom is 0.344 e. The standard InChI is InChI=1S/C18H22N2O4/c1-5-15-17(13(4)24-20-15)18(22)23-10-16(21)19-12(3)14-9-7-6-8-11(14)2/h6-9,12H,5,10H2,1-4H3,(H,19,21). The number of nitrogens with zero attached hydrogens (tertiary/aromatic N) is 1. The number of nitrogens with one attached hydrogen (secondary N) is 1. The number of benzene rings is 1. The van der Waals surface area contributed by atoms with Crippen LogP contribution in [0.4, 0.5) is 0 Å². The smallest absolute Gasteiger partial charge is 0.344 e. The Morgan fingerprint density at radius 3 is 2.67 bits per heavy atom. The molecule has 0 saturated heterocycles. The molecule has 1 atom stereocenters. The number of aryl methyl sites for hydroxylation is 3. The predicted octanol–water partition coefficient (Wildman–Crippen LogP) is 2.89. The second-order valence-corrected chi connectivity index (χ2v) is 5.64. The molecule has 0 saturated carbocycles. The number of esters is 1. The first-order valence-corrected chi connectivity index (χ1v) is 7.91. The Kier molecular flexibility index (Phi) is 5.73. The molecular formula is C18H22N2O4. The highest BCUT2D eigenvalue weighted by Crippen LogP contribution is 2.17. The van der Waals surface area contributed by atoms with Gasteiger partial charge in [0, 0.05) is 0 Å². The van der Waals surface area contributed by atoms with E-state index in [0.29, 0.717) is 23.4 Å². The van der Waals surface area contributed by atoms with Gasteiger partial charge in [-0.3, -0.25) is 4.79 Å². The lowest BCUT2D eigenvalue weighted by Gasteiger charge is -2.16. The maximum atomic E-state index is 12.1. The van der Waals surface area contributed by atoms with Gasteiger partial charge in [-0.15, -0.1) is 0 Å². The number of amides is 1. The van der Waals surface area contributed by atoms with E-state index >= 15 is 0 Å². The van der Waals surface area contributed by atoms with Gasteiger partial charge in [0.2, 0.25) is 0 Å². The van der Waals surface area contributed by atoms with Crippen LogP contribution in [0.2, 0.25) is 0 Å². The minimum absolute atomic E-state index is 0.166. The summed E-state index contributed by atoms with van der Waals surface area (Å²) >= 11 is 0. The minimum Gasteiger partial charge on any atom is -0.452 e. The Morgan fingerprint density at radius 2 is 2.00 bits per heavy atom. The Morgan fingerprint density at radius 1 is 1.29 bits per heavy atom. The largest absolute Gasteiger partial charge is 0.452 e. The molecule has 2 rings (SSSR count). The first kappa shape index (κ1) is 17.7. The van der Waals surface area contributed by atoms with Crippen molar-refractivity contribution < 1.29 is 18.8 Å². The summed E-state index contributed by atoms with van der Waals surface area (Å²) < 4.78 is 10.1. The molecule has 0 aliphatic carbocycles. The van der Waals surface area contributed by atoms with Crippen molar-refractivity contribution in [3.8, 4) is 0 Å². The highest BCUT2D eigenvalue weighted by molar-refractivity contribution is 5.93. The normalized spacial score (nSPS) is 11.8. The lowest BCUT2D eigenvalue weighted by molar-refractivity contribution is -0.124. The van der Waals surface area contributed by atoms with E-state index in [9.17, 15) is 9.59 Å². The molecule has 2 aromatic rings. The maximum absolute atomic E-state index is 12.1. The second-order valence-electron chi connectivity index (χ2n) is 5.64. The van der Waals surface area contributed by atoms with E-state index in [0.717, 1.165) is 11.1 Å². The van der Waals surface area contributed by atoms with Crippen molar-refractivity contribution in [2.75, 3.05) is 6.61 Å². The van der Waals surface area contributed by atoms with Crippen LogP contribution in [0.1, 0.15) is 52.8 Å². The van der Waals surface area contributed by atoms with Crippen LogP contribution in [-0.2, 0) is 16.0 Å². The molecule has 1 heterocycles. The first-order valence-electron chi connectivity index (χ1n) is 7.91. The molecule has 1 aromatic heterocycles. The molecule has 0 radical (unpaired) electrons. The van der Waals surface area contributed by atoms with Crippen molar-refractivity contribution in [2.24, 2.45) is 0 Å². The van der Waals surface area contributed by atoms with Crippen LogP contribution in [0.3, 0.4) is 0 Å². The van der Waals surface area contributed by atoms with E-state index in [1.807, 2.05) is 45.0 Å². The van der Waals surface area contributed by atoms with Gasteiger partial charge < -0.3 is 14.6 Å². The zero-order valence-electron chi connectivity index (χ0n) is 14.4. The Bertz CT molecular complexity index is 736. The molecule has 1 aromatic carbocycles. The van der Waals surface area contributed by atoms with E-state index in [4.69, 9.17) is 9.26 Å². The third-order valence-corrected chi connectivity index (χ3v) is 3.84. The average Bonchev–Trinajstić information content (AvgIpc) is 2.93. The highest BCUT2D eigenvalue weighted by atomic mass is 16.5. The highest BCUT2D eigenvalue weighted by Gasteiger charge is 2.21. The lowest BCUT2D eigenvalue weighted by Crippen LogP contribution is -2.31. The van der Waals surface area contributed by atoms with Gasteiger partial charge in [0.1, 0.15) is 11.3 Å². The van der Waals surface area contributed by atoms with Gasteiger partial charge in [0.15, 0.2) is 6.61 Å². The molecule has 6 nitrogen and oxygen atoms in total. The summed E-state index contributed by atoms with van der Waals surface area (Å²) in [5, 5.41) is 6.63. The van der Waals surface area contributed by atoms with Crippen molar-refractivity contribution >= 4 is 11.9 Å². The quantitative estimate of drug-likeness (QED) is 0.824. The third kappa shape index (κ3) is 4.01. The number of carbonyl (C=O) groups is 2. The zero-order valence-corrected chi connectivity index (χ0v) is 14.4. The predicted molar refractivity (Wildman–Crippen MR) is 88.6 cm³/mol. The summed E-state index contributed by atoms with van der Waals surface area (Å²) in [6.45, 7) is 7.04. The average molecular weight is 330 g/mol. The molecule has 0 aliphatic rings. The molecule has 6 heteroatoms. The van der Waals surface area contributed by atoms with Gasteiger partial charge in [-0.05, 0) is 38.3 Å². The third-order valence-electron chi connectivity index (χ3n) is 3.84. The van der Waals surface area contributed by atoms with Gasteiger partial charge in [0.25, 0.3) is 5.91 Å². The Balaban J connectivity index is 1.92. The van der Waals surface area contributed by atoms with Crippen molar-refractivity contribution in [3.05, 3.63) is 52.4 Å². The number of hydrogen-bond donors (Lipinski definition) is 1. The van der Waals surface area contributed by atoms with E-state index in [2.05, 4.69) is 10.5 Å². The van der Waals surface area contributed by atoms with Gasteiger partial charge in [-0.25, -0.2) is 4.79 Å². The second kappa shape index (κ2) is 7.77. The molecular weight excluding hydrogens is 308 g/mol. The van der Waals surface area contributed by atoms with Crippen LogP contribution in [0.25, 0.3) is 0 Å². The molecule has 128 valence electrons. The van der Waals surface area contributed by atoms with Crippen molar-refractivity contribution in [1.82, 2.24) is 10.5 Å². The van der Waals surface area contributed by atoms with Crippen LogP contribution in [-0.4, -0.2) is 23.6 Å². The number of aromatic nitrogens is 1. The number of rotatable bonds is 6. The molecule has 0 spiro atoms. The van der Waals surface area contributed by atoms with E-state index in [-0.39, 0.29) is 18.6 Å². The fourth-order valence-corrected chi connectivity index (χ4v) is 2.56. The van der Waals surface area contributed by atoms with E-state index in [1.54, 1.807) is 6.92 Å². The molecule has 0 aliphatic heterocycles. The van der Waals surface area contributed by atoms with Gasteiger partial charge in [0.05, 0.1) is 11.7 Å². The fraction of sp³-hybridized carbons (Fsp3) is 0.389. The van der Waals surface area contributed by atoms with Crippen LogP contribution in [0.15, 0.2) is 28.8 Å². The zero-order chi connectivity index (χ0) is 17.7. The SMILES string of the molecule is CCc1noc(C)c1C(=O)OCC(=O)NC(C)c1ccccc1C. The van der Waals surface area contributed by atoms with Crippen LogP contribution in [0, 0.1) is 13.8 Å². The molecule has 0 bridgehead atoms. The minimum atomic E-state index is -0.593. The van der Waals surface area contributed by atoms with Crippen LogP contribution >= 0.6 is 0 Å². The van der Waals surface area contributed by atoms with Gasteiger partial charge >= 0.3 is 5.97 Å². The van der Waals surface area contributed by atoms with E-state index in [1.165, 1.54) is 0 Å². The number of ether oxygens (including phenoxy) is 1. The number of hydrogen-bond acceptors (Lipinski definition) is 5. The summed E-state index contributed by atoms with van der Waals surface area (Å²) in [5.41, 5.74) is 2.96. The summed E-state index contributed by atoms with van der Waals surface area (Å²) in [6.07, 6.45) is 0.554. The summed E-state index contributed by atoms with van der Waals surface area (Å²) in [5.74, 6) is -0.555. The monoisotopic (exact) mass is 330 g/mol. The molecule has 1 unspecified atom stereocenters. The topological polar surface area (TPSA) is 81.4 Å².